The van der Waals surface area contributed by atoms with Crippen LogP contribution in [0.25, 0.3) is 0 Å². The van der Waals surface area contributed by atoms with Gasteiger partial charge in [-0.3, -0.25) is 0 Å². The van der Waals surface area contributed by atoms with Crippen molar-refractivity contribution in [2.75, 3.05) is 32.8 Å². The van der Waals surface area contributed by atoms with Crippen LogP contribution in [0.5, 0.6) is 0 Å². The molecule has 0 aromatic heterocycles. The minimum atomic E-state index is 0.601. The van der Waals surface area contributed by atoms with Crippen molar-refractivity contribution >= 4 is 0 Å². The van der Waals surface area contributed by atoms with Crippen LogP contribution < -0.4 is 22.1 Å². The average molecular weight is 186 g/mol. The van der Waals surface area contributed by atoms with Gasteiger partial charge in [0.2, 0.25) is 0 Å². The molecule has 0 aliphatic heterocycles. The topological polar surface area (TPSA) is 76.1 Å². The Morgan fingerprint density at radius 1 is 1.08 bits per heavy atom. The molecule has 0 bridgehead atoms. The zero-order valence-corrected chi connectivity index (χ0v) is 8.26. The van der Waals surface area contributed by atoms with E-state index in [1.165, 1.54) is 6.42 Å². The van der Waals surface area contributed by atoms with E-state index < -0.39 is 0 Å². The fraction of sp³-hybridized carbons (Fsp3) is 1.00. The molecule has 1 fully saturated rings. The molecule has 6 N–H and O–H groups in total. The molecular weight excluding hydrogens is 164 g/mol. The Kier molecular flexibility index (Phi) is 5.31. The maximum Gasteiger partial charge on any atom is 0.0428 e. The van der Waals surface area contributed by atoms with Crippen molar-refractivity contribution in [3.05, 3.63) is 0 Å². The standard InChI is InChI=1S/C9H22N4/c10-2-1-3-12-5-8-4-9(8)6-13-7-11/h8-9,12-13H,1-7,10-11H2. The molecule has 13 heavy (non-hydrogen) atoms. The maximum absolute atomic E-state index is 5.39. The van der Waals surface area contributed by atoms with Crippen LogP contribution in [0.1, 0.15) is 12.8 Å². The highest BCUT2D eigenvalue weighted by Gasteiger charge is 2.35. The third-order valence-corrected chi connectivity index (χ3v) is 2.58. The van der Waals surface area contributed by atoms with Crippen molar-refractivity contribution < 1.29 is 0 Å². The summed E-state index contributed by atoms with van der Waals surface area (Å²) in [5.41, 5.74) is 10.7. The van der Waals surface area contributed by atoms with E-state index in [1.54, 1.807) is 0 Å². The van der Waals surface area contributed by atoms with Crippen LogP contribution in [0.4, 0.5) is 0 Å². The van der Waals surface area contributed by atoms with Crippen LogP contribution >= 0.6 is 0 Å². The average Bonchev–Trinajstić information content (AvgIpc) is 2.88. The second kappa shape index (κ2) is 6.32. The number of rotatable bonds is 8. The van der Waals surface area contributed by atoms with Crippen molar-refractivity contribution in [3.63, 3.8) is 0 Å². The molecule has 1 saturated carbocycles. The van der Waals surface area contributed by atoms with Gasteiger partial charge in [0, 0.05) is 6.67 Å². The first kappa shape index (κ1) is 10.9. The fourth-order valence-electron chi connectivity index (χ4n) is 1.59. The van der Waals surface area contributed by atoms with Gasteiger partial charge in [-0.05, 0) is 50.9 Å². The number of nitrogens with two attached hydrogens (primary N) is 2. The van der Waals surface area contributed by atoms with E-state index in [1.807, 2.05) is 0 Å². The molecule has 4 heteroatoms. The van der Waals surface area contributed by atoms with Crippen molar-refractivity contribution in [2.24, 2.45) is 23.3 Å². The largest absolute Gasteiger partial charge is 0.330 e. The Hall–Kier alpha value is -0.160. The summed E-state index contributed by atoms with van der Waals surface area (Å²) >= 11 is 0. The molecule has 0 radical (unpaired) electrons. The van der Waals surface area contributed by atoms with Gasteiger partial charge in [0.1, 0.15) is 0 Å². The second-order valence-corrected chi connectivity index (χ2v) is 3.76. The molecule has 1 aliphatic carbocycles. The molecule has 78 valence electrons. The number of nitrogens with one attached hydrogen (secondary N) is 2. The fourth-order valence-corrected chi connectivity index (χ4v) is 1.59. The Balaban J connectivity index is 1.83. The van der Waals surface area contributed by atoms with Crippen LogP contribution in [0.15, 0.2) is 0 Å². The van der Waals surface area contributed by atoms with Gasteiger partial charge in [-0.15, -0.1) is 0 Å². The van der Waals surface area contributed by atoms with Crippen LogP contribution in [0.2, 0.25) is 0 Å². The van der Waals surface area contributed by atoms with Gasteiger partial charge in [0.25, 0.3) is 0 Å². The first-order chi connectivity index (χ1) is 6.38. The molecule has 4 nitrogen and oxygen atoms in total. The van der Waals surface area contributed by atoms with E-state index in [2.05, 4.69) is 10.6 Å². The summed E-state index contributed by atoms with van der Waals surface area (Å²) in [6.45, 7) is 4.68. The van der Waals surface area contributed by atoms with Crippen molar-refractivity contribution in [3.8, 4) is 0 Å². The molecule has 1 aliphatic rings. The summed E-state index contributed by atoms with van der Waals surface area (Å²) in [7, 11) is 0. The van der Waals surface area contributed by atoms with Crippen molar-refractivity contribution in [1.29, 1.82) is 0 Å². The Labute approximate surface area is 80.4 Å². The minimum absolute atomic E-state index is 0.601. The van der Waals surface area contributed by atoms with Gasteiger partial charge in [-0.25, -0.2) is 0 Å². The summed E-state index contributed by atoms with van der Waals surface area (Å²) in [4.78, 5) is 0. The lowest BCUT2D eigenvalue weighted by Gasteiger charge is -2.03. The second-order valence-electron chi connectivity index (χ2n) is 3.76. The molecule has 0 saturated heterocycles. The van der Waals surface area contributed by atoms with Crippen molar-refractivity contribution in [1.82, 2.24) is 10.6 Å². The van der Waals surface area contributed by atoms with Crippen molar-refractivity contribution in [2.45, 2.75) is 12.8 Å². The third kappa shape index (κ3) is 4.57. The summed E-state index contributed by atoms with van der Waals surface area (Å²) in [6.07, 6.45) is 2.43. The van der Waals surface area contributed by atoms with Gasteiger partial charge in [0.05, 0.1) is 0 Å². The van der Waals surface area contributed by atoms with Crippen LogP contribution in [-0.4, -0.2) is 32.8 Å². The molecule has 0 aromatic rings. The molecule has 1 rings (SSSR count). The normalized spacial score (nSPS) is 26.3. The SMILES string of the molecule is NCCCNCC1CC1CNCN. The molecule has 2 unspecified atom stereocenters. The molecule has 0 heterocycles. The van der Waals surface area contributed by atoms with Gasteiger partial charge in [-0.2, -0.15) is 0 Å². The number of hydrogen-bond donors (Lipinski definition) is 4. The quantitative estimate of drug-likeness (QED) is 0.292. The molecule has 0 amide bonds. The lowest BCUT2D eigenvalue weighted by atomic mass is 10.3. The lowest BCUT2D eigenvalue weighted by molar-refractivity contribution is 0.560. The smallest absolute Gasteiger partial charge is 0.0428 e. The molecule has 0 spiro atoms. The minimum Gasteiger partial charge on any atom is -0.330 e. The monoisotopic (exact) mass is 186 g/mol. The summed E-state index contributed by atoms with van der Waals surface area (Å²) < 4.78 is 0. The van der Waals surface area contributed by atoms with Crippen LogP contribution in [0.3, 0.4) is 0 Å². The van der Waals surface area contributed by atoms with E-state index in [0.29, 0.717) is 6.67 Å². The summed E-state index contributed by atoms with van der Waals surface area (Å²) in [5.74, 6) is 1.73. The van der Waals surface area contributed by atoms with Gasteiger partial charge >= 0.3 is 0 Å². The van der Waals surface area contributed by atoms with E-state index in [-0.39, 0.29) is 0 Å². The molecular formula is C9H22N4. The van der Waals surface area contributed by atoms with E-state index in [4.69, 9.17) is 11.5 Å². The predicted molar refractivity (Wildman–Crippen MR) is 55.2 cm³/mol. The van der Waals surface area contributed by atoms with Crippen LogP contribution in [0, 0.1) is 11.8 Å². The third-order valence-electron chi connectivity index (χ3n) is 2.58. The number of hydrogen-bond acceptors (Lipinski definition) is 4. The highest BCUT2D eigenvalue weighted by molar-refractivity contribution is 4.88. The van der Waals surface area contributed by atoms with Crippen LogP contribution in [-0.2, 0) is 0 Å². The molecule has 2 atom stereocenters. The highest BCUT2D eigenvalue weighted by Crippen LogP contribution is 2.36. The first-order valence-electron chi connectivity index (χ1n) is 5.20. The maximum atomic E-state index is 5.39. The van der Waals surface area contributed by atoms with Gasteiger partial charge in [0.15, 0.2) is 0 Å². The zero-order valence-electron chi connectivity index (χ0n) is 8.26. The summed E-state index contributed by atoms with van der Waals surface area (Å²) in [6, 6.07) is 0. The van der Waals surface area contributed by atoms with Gasteiger partial charge < -0.3 is 22.1 Å². The Bertz CT molecular complexity index is 129. The Morgan fingerprint density at radius 3 is 2.38 bits per heavy atom. The predicted octanol–water partition coefficient (Wildman–Crippen LogP) is -0.933. The van der Waals surface area contributed by atoms with E-state index >= 15 is 0 Å². The van der Waals surface area contributed by atoms with E-state index in [0.717, 1.165) is 44.4 Å². The first-order valence-corrected chi connectivity index (χ1v) is 5.20. The van der Waals surface area contributed by atoms with Gasteiger partial charge in [-0.1, -0.05) is 0 Å². The Morgan fingerprint density at radius 2 is 1.77 bits per heavy atom. The molecule has 0 aromatic carbocycles. The summed E-state index contributed by atoms with van der Waals surface area (Å²) in [5, 5.41) is 6.59. The lowest BCUT2D eigenvalue weighted by Crippen LogP contribution is -2.26. The van der Waals surface area contributed by atoms with E-state index in [9.17, 15) is 0 Å². The highest BCUT2D eigenvalue weighted by atomic mass is 15.0. The zero-order chi connectivity index (χ0) is 9.52.